The summed E-state index contributed by atoms with van der Waals surface area (Å²) in [6, 6.07) is 3.68. The Kier molecular flexibility index (Phi) is 5.68. The van der Waals surface area contributed by atoms with Gasteiger partial charge in [0.25, 0.3) is 5.91 Å². The standard InChI is InChI=1S/C16H21FN6O2/c1-5-11(10-8-9(17)6-7-12(10)25-4)19-14(24)13-20-15(18)22-16(21-13)23(2)3/h6-8,11H,5H2,1-4H3,(H,19,24)(H2,18,20,21,22). The molecule has 0 aliphatic heterocycles. The van der Waals surface area contributed by atoms with Crippen molar-refractivity contribution in [2.45, 2.75) is 19.4 Å². The van der Waals surface area contributed by atoms with E-state index in [2.05, 4.69) is 20.3 Å². The maximum atomic E-state index is 13.6. The fourth-order valence-electron chi connectivity index (χ4n) is 2.28. The average molecular weight is 348 g/mol. The fraction of sp³-hybridized carbons (Fsp3) is 0.375. The first-order valence-corrected chi connectivity index (χ1v) is 7.68. The molecule has 1 aromatic carbocycles. The first-order valence-electron chi connectivity index (χ1n) is 7.68. The summed E-state index contributed by atoms with van der Waals surface area (Å²) < 4.78 is 18.9. The average Bonchev–Trinajstić information content (AvgIpc) is 2.58. The Hall–Kier alpha value is -2.97. The van der Waals surface area contributed by atoms with Gasteiger partial charge in [0.05, 0.1) is 13.2 Å². The van der Waals surface area contributed by atoms with Crippen LogP contribution in [0.3, 0.4) is 0 Å². The van der Waals surface area contributed by atoms with Crippen LogP contribution in [0.2, 0.25) is 0 Å². The van der Waals surface area contributed by atoms with Gasteiger partial charge in [-0.2, -0.15) is 15.0 Å². The second kappa shape index (κ2) is 7.73. The van der Waals surface area contributed by atoms with Gasteiger partial charge in [0.2, 0.25) is 17.7 Å². The lowest BCUT2D eigenvalue weighted by Gasteiger charge is -2.20. The third-order valence-corrected chi connectivity index (χ3v) is 3.52. The molecule has 3 N–H and O–H groups in total. The summed E-state index contributed by atoms with van der Waals surface area (Å²) in [5.74, 6) is -0.352. The Morgan fingerprint density at radius 2 is 2.08 bits per heavy atom. The lowest BCUT2D eigenvalue weighted by molar-refractivity contribution is 0.0924. The Balaban J connectivity index is 2.31. The van der Waals surface area contributed by atoms with Crippen LogP contribution >= 0.6 is 0 Å². The van der Waals surface area contributed by atoms with Crippen molar-refractivity contribution in [3.05, 3.63) is 35.4 Å². The zero-order chi connectivity index (χ0) is 18.6. The second-order valence-corrected chi connectivity index (χ2v) is 5.53. The van der Waals surface area contributed by atoms with E-state index in [-0.39, 0.29) is 17.7 Å². The summed E-state index contributed by atoms with van der Waals surface area (Å²) in [5.41, 5.74) is 6.17. The smallest absolute Gasteiger partial charge is 0.289 e. The predicted molar refractivity (Wildman–Crippen MR) is 92.0 cm³/mol. The van der Waals surface area contributed by atoms with Gasteiger partial charge in [-0.3, -0.25) is 4.79 Å². The van der Waals surface area contributed by atoms with Gasteiger partial charge in [0.1, 0.15) is 11.6 Å². The number of hydrogen-bond donors (Lipinski definition) is 2. The molecule has 9 heteroatoms. The van der Waals surface area contributed by atoms with Crippen LogP contribution in [-0.2, 0) is 0 Å². The highest BCUT2D eigenvalue weighted by Gasteiger charge is 2.21. The highest BCUT2D eigenvalue weighted by Crippen LogP contribution is 2.28. The van der Waals surface area contributed by atoms with Crippen LogP contribution in [0.5, 0.6) is 5.75 Å². The van der Waals surface area contributed by atoms with Gasteiger partial charge in [-0.1, -0.05) is 6.92 Å². The van der Waals surface area contributed by atoms with Gasteiger partial charge >= 0.3 is 0 Å². The van der Waals surface area contributed by atoms with Crippen molar-refractivity contribution in [1.29, 1.82) is 0 Å². The van der Waals surface area contributed by atoms with Crippen LogP contribution in [0.1, 0.15) is 35.6 Å². The van der Waals surface area contributed by atoms with Crippen molar-refractivity contribution in [3.8, 4) is 5.75 Å². The monoisotopic (exact) mass is 348 g/mol. The summed E-state index contributed by atoms with van der Waals surface area (Å²) in [5, 5.41) is 2.78. The lowest BCUT2D eigenvalue weighted by Crippen LogP contribution is -2.31. The van der Waals surface area contributed by atoms with Gasteiger partial charge in [-0.15, -0.1) is 0 Å². The van der Waals surface area contributed by atoms with Crippen molar-refractivity contribution in [1.82, 2.24) is 20.3 Å². The van der Waals surface area contributed by atoms with Gasteiger partial charge in [-0.25, -0.2) is 4.39 Å². The number of hydrogen-bond acceptors (Lipinski definition) is 7. The van der Waals surface area contributed by atoms with Crippen molar-refractivity contribution >= 4 is 17.8 Å². The van der Waals surface area contributed by atoms with Gasteiger partial charge in [0, 0.05) is 19.7 Å². The zero-order valence-corrected chi connectivity index (χ0v) is 14.6. The van der Waals surface area contributed by atoms with Gasteiger partial charge in [-0.05, 0) is 24.6 Å². The van der Waals surface area contributed by atoms with Crippen LogP contribution in [0.4, 0.5) is 16.3 Å². The molecule has 0 bridgehead atoms. The van der Waals surface area contributed by atoms with E-state index in [9.17, 15) is 9.18 Å². The minimum absolute atomic E-state index is 0.0553. The molecule has 1 unspecified atom stereocenters. The molecular formula is C16H21FN6O2. The molecule has 1 aromatic heterocycles. The third-order valence-electron chi connectivity index (χ3n) is 3.52. The molecular weight excluding hydrogens is 327 g/mol. The molecule has 1 atom stereocenters. The SMILES string of the molecule is CCC(NC(=O)c1nc(N)nc(N(C)C)n1)c1cc(F)ccc1OC. The molecule has 134 valence electrons. The van der Waals surface area contributed by atoms with E-state index < -0.39 is 17.8 Å². The number of anilines is 2. The molecule has 0 radical (unpaired) electrons. The fourth-order valence-corrected chi connectivity index (χ4v) is 2.28. The number of methoxy groups -OCH3 is 1. The number of nitrogens with zero attached hydrogens (tertiary/aromatic N) is 4. The number of rotatable bonds is 6. The molecule has 2 rings (SSSR count). The molecule has 1 heterocycles. The molecule has 0 saturated heterocycles. The van der Waals surface area contributed by atoms with Gasteiger partial charge in [0.15, 0.2) is 0 Å². The van der Waals surface area contributed by atoms with E-state index >= 15 is 0 Å². The van der Waals surface area contributed by atoms with E-state index in [4.69, 9.17) is 10.5 Å². The maximum absolute atomic E-state index is 13.6. The summed E-state index contributed by atoms with van der Waals surface area (Å²) in [4.78, 5) is 26.0. The number of aromatic nitrogens is 3. The number of nitrogens with two attached hydrogens (primary N) is 1. The Labute approximate surface area is 145 Å². The van der Waals surface area contributed by atoms with Crippen molar-refractivity contribution in [3.63, 3.8) is 0 Å². The minimum Gasteiger partial charge on any atom is -0.496 e. The Morgan fingerprint density at radius 3 is 2.68 bits per heavy atom. The van der Waals surface area contributed by atoms with Crippen LogP contribution in [0.15, 0.2) is 18.2 Å². The summed E-state index contributed by atoms with van der Waals surface area (Å²) in [6.07, 6.45) is 0.520. The van der Waals surface area contributed by atoms with E-state index in [1.54, 1.807) is 19.0 Å². The Morgan fingerprint density at radius 1 is 1.36 bits per heavy atom. The summed E-state index contributed by atoms with van der Waals surface area (Å²) >= 11 is 0. The maximum Gasteiger partial charge on any atom is 0.289 e. The molecule has 1 amide bonds. The largest absolute Gasteiger partial charge is 0.496 e. The number of ether oxygens (including phenoxy) is 1. The predicted octanol–water partition coefficient (Wildman–Crippen LogP) is 1.55. The molecule has 8 nitrogen and oxygen atoms in total. The summed E-state index contributed by atoms with van der Waals surface area (Å²) in [6.45, 7) is 1.86. The van der Waals surface area contributed by atoms with Crippen LogP contribution < -0.4 is 20.7 Å². The number of carbonyl (C=O) groups is 1. The van der Waals surface area contributed by atoms with Gasteiger partial charge < -0.3 is 20.7 Å². The van der Waals surface area contributed by atoms with E-state index in [1.165, 1.54) is 25.3 Å². The summed E-state index contributed by atoms with van der Waals surface area (Å²) in [7, 11) is 4.94. The van der Waals surface area contributed by atoms with Crippen molar-refractivity contribution < 1.29 is 13.9 Å². The lowest BCUT2D eigenvalue weighted by atomic mass is 10.0. The number of nitrogens with one attached hydrogen (secondary N) is 1. The third kappa shape index (κ3) is 4.31. The number of benzene rings is 1. The van der Waals surface area contributed by atoms with E-state index in [0.717, 1.165) is 0 Å². The highest BCUT2D eigenvalue weighted by atomic mass is 19.1. The van der Waals surface area contributed by atoms with Crippen LogP contribution in [0.25, 0.3) is 0 Å². The number of halogens is 1. The topological polar surface area (TPSA) is 106 Å². The number of amides is 1. The van der Waals surface area contributed by atoms with Crippen LogP contribution in [0, 0.1) is 5.82 Å². The minimum atomic E-state index is -0.532. The van der Waals surface area contributed by atoms with Crippen LogP contribution in [-0.4, -0.2) is 42.1 Å². The normalized spacial score (nSPS) is 11.7. The zero-order valence-electron chi connectivity index (χ0n) is 14.6. The molecule has 0 saturated carbocycles. The molecule has 0 aliphatic carbocycles. The van der Waals surface area contributed by atoms with E-state index in [0.29, 0.717) is 17.7 Å². The molecule has 0 spiro atoms. The molecule has 25 heavy (non-hydrogen) atoms. The Bertz CT molecular complexity index is 768. The van der Waals surface area contributed by atoms with Crippen molar-refractivity contribution in [2.75, 3.05) is 31.8 Å². The molecule has 0 fully saturated rings. The highest BCUT2D eigenvalue weighted by molar-refractivity contribution is 5.91. The number of carbonyl (C=O) groups excluding carboxylic acids is 1. The van der Waals surface area contributed by atoms with E-state index in [1.807, 2.05) is 6.92 Å². The first kappa shape index (κ1) is 18.4. The molecule has 0 aliphatic rings. The number of nitrogen functional groups attached to an aromatic ring is 1. The quantitative estimate of drug-likeness (QED) is 0.815. The molecule has 2 aromatic rings. The van der Waals surface area contributed by atoms with Crippen molar-refractivity contribution in [2.24, 2.45) is 0 Å². The first-order chi connectivity index (χ1) is 11.8. The second-order valence-electron chi connectivity index (χ2n) is 5.53.